The van der Waals surface area contributed by atoms with Crippen LogP contribution in [0.5, 0.6) is 0 Å². The maximum Gasteiger partial charge on any atom is 0.258 e. The average Bonchev–Trinajstić information content (AvgIpc) is 3.20. The minimum Gasteiger partial charge on any atom is -0.371 e. The number of rotatable bonds is 4. The molecule has 0 spiro atoms. The lowest BCUT2D eigenvalue weighted by molar-refractivity contribution is 0.0277. The van der Waals surface area contributed by atoms with Gasteiger partial charge in [-0.3, -0.25) is 4.79 Å². The monoisotopic (exact) mass is 420 g/mol. The summed E-state index contributed by atoms with van der Waals surface area (Å²) in [5.41, 5.74) is 2.19. The Morgan fingerprint density at radius 2 is 2.04 bits per heavy atom. The normalized spacial score (nSPS) is 16.2. The molecule has 0 aliphatic carbocycles. The van der Waals surface area contributed by atoms with Crippen LogP contribution in [0.15, 0.2) is 49.1 Å². The zero-order valence-electron chi connectivity index (χ0n) is 14.7. The summed E-state index contributed by atoms with van der Waals surface area (Å²) in [6, 6.07) is 7.64. The van der Waals surface area contributed by atoms with Crippen molar-refractivity contribution >= 4 is 35.6 Å². The summed E-state index contributed by atoms with van der Waals surface area (Å²) >= 11 is 5.73. The Kier molecular flexibility index (Phi) is 6.58. The molecule has 2 aromatic heterocycles. The van der Waals surface area contributed by atoms with Crippen LogP contribution in [-0.4, -0.2) is 45.4 Å². The van der Waals surface area contributed by atoms with E-state index in [1.807, 2.05) is 24.3 Å². The van der Waals surface area contributed by atoms with E-state index in [9.17, 15) is 4.79 Å². The number of hydrogen-bond acceptors (Lipinski definition) is 6. The van der Waals surface area contributed by atoms with Crippen molar-refractivity contribution in [3.8, 4) is 5.82 Å². The number of morpholine rings is 1. The van der Waals surface area contributed by atoms with E-state index < -0.39 is 0 Å². The van der Waals surface area contributed by atoms with Crippen LogP contribution in [0.4, 0.5) is 5.69 Å². The SMILES string of the molecule is Cl.O=C(Nc1ccc([C@H]2CNCCO2)cc1)c1cnn(-c2cnc(Cl)cn2)c1. The second-order valence-corrected chi connectivity index (χ2v) is 6.40. The van der Waals surface area contributed by atoms with Gasteiger partial charge in [0.15, 0.2) is 5.82 Å². The maximum atomic E-state index is 12.4. The third kappa shape index (κ3) is 4.66. The van der Waals surface area contributed by atoms with Crippen LogP contribution in [0.1, 0.15) is 22.0 Å². The van der Waals surface area contributed by atoms with Crippen LogP contribution in [0.25, 0.3) is 5.82 Å². The van der Waals surface area contributed by atoms with Crippen molar-refractivity contribution in [2.75, 3.05) is 25.0 Å². The highest BCUT2D eigenvalue weighted by molar-refractivity contribution is 6.29. The fourth-order valence-corrected chi connectivity index (χ4v) is 2.85. The molecule has 0 saturated carbocycles. The van der Waals surface area contributed by atoms with Gasteiger partial charge in [-0.05, 0) is 17.7 Å². The molecule has 1 aliphatic rings. The lowest BCUT2D eigenvalue weighted by atomic mass is 10.1. The first-order valence-corrected chi connectivity index (χ1v) is 8.83. The number of carbonyl (C=O) groups is 1. The van der Waals surface area contributed by atoms with E-state index in [1.54, 1.807) is 6.20 Å². The van der Waals surface area contributed by atoms with Gasteiger partial charge in [0, 0.05) is 25.0 Å². The van der Waals surface area contributed by atoms with E-state index in [2.05, 4.69) is 25.7 Å². The van der Waals surface area contributed by atoms with Crippen molar-refractivity contribution in [3.63, 3.8) is 0 Å². The van der Waals surface area contributed by atoms with Crippen molar-refractivity contribution < 1.29 is 9.53 Å². The largest absolute Gasteiger partial charge is 0.371 e. The first-order valence-electron chi connectivity index (χ1n) is 8.45. The van der Waals surface area contributed by atoms with Gasteiger partial charge in [0.25, 0.3) is 5.91 Å². The summed E-state index contributed by atoms with van der Waals surface area (Å²) < 4.78 is 7.19. The number of nitrogens with zero attached hydrogens (tertiary/aromatic N) is 4. The first kappa shape index (κ1) is 20.2. The minimum absolute atomic E-state index is 0. The highest BCUT2D eigenvalue weighted by atomic mass is 35.5. The molecule has 1 fully saturated rings. The second kappa shape index (κ2) is 9.11. The third-order valence-corrected chi connectivity index (χ3v) is 4.35. The number of anilines is 1. The summed E-state index contributed by atoms with van der Waals surface area (Å²) in [7, 11) is 0. The molecule has 3 heterocycles. The van der Waals surface area contributed by atoms with Crippen molar-refractivity contribution in [1.29, 1.82) is 0 Å². The standard InChI is InChI=1S/C18H17ClN6O2.ClH/c19-16-9-22-17(10-21-16)25-11-13(7-23-25)18(26)24-14-3-1-12(2-4-14)15-8-20-5-6-27-15;/h1-4,7,9-11,15,20H,5-6,8H2,(H,24,26);1H/t15-;/m1./s1. The number of nitrogens with one attached hydrogen (secondary N) is 2. The Hall–Kier alpha value is -2.52. The molecule has 1 aliphatic heterocycles. The number of hydrogen-bond donors (Lipinski definition) is 2. The Balaban J connectivity index is 0.00000225. The van der Waals surface area contributed by atoms with Crippen LogP contribution in [-0.2, 0) is 4.74 Å². The number of benzene rings is 1. The first-order chi connectivity index (χ1) is 13.2. The fraction of sp³-hybridized carbons (Fsp3) is 0.222. The van der Waals surface area contributed by atoms with Gasteiger partial charge in [0.1, 0.15) is 5.15 Å². The molecule has 8 nitrogen and oxygen atoms in total. The molecule has 146 valence electrons. The number of amides is 1. The smallest absolute Gasteiger partial charge is 0.258 e. The van der Waals surface area contributed by atoms with Gasteiger partial charge < -0.3 is 15.4 Å². The summed E-state index contributed by atoms with van der Waals surface area (Å²) in [5, 5.41) is 10.6. The van der Waals surface area contributed by atoms with E-state index in [0.717, 1.165) is 18.7 Å². The summed E-state index contributed by atoms with van der Waals surface area (Å²) in [6.07, 6.45) is 6.01. The Bertz CT molecular complexity index is 924. The van der Waals surface area contributed by atoms with Crippen molar-refractivity contribution in [3.05, 3.63) is 65.3 Å². The number of carbonyl (C=O) groups excluding carboxylic acids is 1. The lowest BCUT2D eigenvalue weighted by Crippen LogP contribution is -2.33. The van der Waals surface area contributed by atoms with Gasteiger partial charge in [-0.15, -0.1) is 12.4 Å². The second-order valence-electron chi connectivity index (χ2n) is 6.01. The molecule has 1 atom stereocenters. The highest BCUT2D eigenvalue weighted by Crippen LogP contribution is 2.21. The molecular weight excluding hydrogens is 403 g/mol. The van der Waals surface area contributed by atoms with E-state index in [1.165, 1.54) is 23.3 Å². The van der Waals surface area contributed by atoms with Crippen molar-refractivity contribution in [1.82, 2.24) is 25.1 Å². The molecule has 10 heteroatoms. The molecule has 28 heavy (non-hydrogen) atoms. The molecule has 1 amide bonds. The van der Waals surface area contributed by atoms with Crippen molar-refractivity contribution in [2.24, 2.45) is 0 Å². The highest BCUT2D eigenvalue weighted by Gasteiger charge is 2.16. The molecule has 2 N–H and O–H groups in total. The minimum atomic E-state index is -0.258. The molecule has 3 aromatic rings. The Morgan fingerprint density at radius 1 is 1.21 bits per heavy atom. The van der Waals surface area contributed by atoms with Gasteiger partial charge in [-0.25, -0.2) is 14.6 Å². The topological polar surface area (TPSA) is 94.0 Å². The zero-order valence-corrected chi connectivity index (χ0v) is 16.3. The van der Waals surface area contributed by atoms with Crippen LogP contribution in [0, 0.1) is 0 Å². The maximum absolute atomic E-state index is 12.4. The predicted octanol–water partition coefficient (Wildman–Crippen LogP) is 2.65. The number of ether oxygens (including phenoxy) is 1. The average molecular weight is 421 g/mol. The zero-order chi connectivity index (χ0) is 18.6. The molecule has 0 radical (unpaired) electrons. The quantitative estimate of drug-likeness (QED) is 0.673. The summed E-state index contributed by atoms with van der Waals surface area (Å²) in [6.45, 7) is 2.36. The Labute approximate surface area is 172 Å². The van der Waals surface area contributed by atoms with Gasteiger partial charge in [0.05, 0.1) is 36.9 Å². The van der Waals surface area contributed by atoms with Gasteiger partial charge >= 0.3 is 0 Å². The van der Waals surface area contributed by atoms with Gasteiger partial charge in [-0.1, -0.05) is 23.7 Å². The lowest BCUT2D eigenvalue weighted by Gasteiger charge is -2.24. The predicted molar refractivity (Wildman–Crippen MR) is 107 cm³/mol. The molecular formula is C18H18Cl2N6O2. The molecule has 1 aromatic carbocycles. The van der Waals surface area contributed by atoms with Gasteiger partial charge in [-0.2, -0.15) is 5.10 Å². The van der Waals surface area contributed by atoms with E-state index in [-0.39, 0.29) is 24.4 Å². The third-order valence-electron chi connectivity index (χ3n) is 4.15. The molecule has 1 saturated heterocycles. The van der Waals surface area contributed by atoms with E-state index in [4.69, 9.17) is 16.3 Å². The summed E-state index contributed by atoms with van der Waals surface area (Å²) in [5.74, 6) is 0.218. The number of halogens is 2. The number of aromatic nitrogens is 4. The molecule has 4 rings (SSSR count). The van der Waals surface area contributed by atoms with Crippen molar-refractivity contribution in [2.45, 2.75) is 6.10 Å². The van der Waals surface area contributed by atoms with Crippen LogP contribution >= 0.6 is 24.0 Å². The summed E-state index contributed by atoms with van der Waals surface area (Å²) in [4.78, 5) is 20.5. The van der Waals surface area contributed by atoms with Crippen LogP contribution < -0.4 is 10.6 Å². The Morgan fingerprint density at radius 3 is 2.71 bits per heavy atom. The molecule has 0 unspecified atom stereocenters. The van der Waals surface area contributed by atoms with Crippen LogP contribution in [0.2, 0.25) is 5.15 Å². The van der Waals surface area contributed by atoms with Gasteiger partial charge in [0.2, 0.25) is 0 Å². The van der Waals surface area contributed by atoms with E-state index in [0.29, 0.717) is 28.8 Å². The fourth-order valence-electron chi connectivity index (χ4n) is 2.75. The molecule has 0 bridgehead atoms. The van der Waals surface area contributed by atoms with Crippen LogP contribution in [0.3, 0.4) is 0 Å². The van der Waals surface area contributed by atoms with E-state index >= 15 is 0 Å².